The van der Waals surface area contributed by atoms with E-state index in [-0.39, 0.29) is 0 Å². The molecular formula is C16H21N3. The van der Waals surface area contributed by atoms with E-state index in [1.165, 1.54) is 23.6 Å². The lowest BCUT2D eigenvalue weighted by Gasteiger charge is -2.15. The number of pyridine rings is 1. The van der Waals surface area contributed by atoms with Crippen molar-refractivity contribution in [1.82, 2.24) is 15.6 Å². The first-order valence-electron chi connectivity index (χ1n) is 7.12. The second-order valence-corrected chi connectivity index (χ2v) is 5.44. The smallest absolute Gasteiger partial charge is 0.0619 e. The molecule has 1 heterocycles. The van der Waals surface area contributed by atoms with Gasteiger partial charge in [-0.1, -0.05) is 24.3 Å². The van der Waals surface area contributed by atoms with Crippen LogP contribution in [0.15, 0.2) is 36.5 Å². The highest BCUT2D eigenvalue weighted by atomic mass is 15.0. The van der Waals surface area contributed by atoms with Crippen LogP contribution in [0.2, 0.25) is 0 Å². The van der Waals surface area contributed by atoms with Crippen molar-refractivity contribution in [3.05, 3.63) is 42.2 Å². The fourth-order valence-electron chi connectivity index (χ4n) is 2.30. The molecule has 0 aliphatic heterocycles. The fourth-order valence-corrected chi connectivity index (χ4v) is 2.30. The molecule has 19 heavy (non-hydrogen) atoms. The van der Waals surface area contributed by atoms with Crippen molar-refractivity contribution in [2.75, 3.05) is 6.54 Å². The lowest BCUT2D eigenvalue weighted by atomic mass is 10.1. The Kier molecular flexibility index (Phi) is 3.76. The quantitative estimate of drug-likeness (QED) is 0.832. The molecule has 1 aromatic carbocycles. The molecule has 1 saturated carbocycles. The summed E-state index contributed by atoms with van der Waals surface area (Å²) in [5.74, 6) is 0. The molecule has 2 aromatic rings. The van der Waals surface area contributed by atoms with E-state index in [0.717, 1.165) is 24.8 Å². The third-order valence-electron chi connectivity index (χ3n) is 3.66. The SMILES string of the molecule is CC(CNC1CC1)NCc1nccc2ccccc12. The summed E-state index contributed by atoms with van der Waals surface area (Å²) in [5.41, 5.74) is 1.14. The molecule has 1 fully saturated rings. The number of benzene rings is 1. The van der Waals surface area contributed by atoms with Gasteiger partial charge in [-0.3, -0.25) is 4.98 Å². The van der Waals surface area contributed by atoms with Gasteiger partial charge in [0.15, 0.2) is 0 Å². The van der Waals surface area contributed by atoms with E-state index in [2.05, 4.69) is 52.9 Å². The van der Waals surface area contributed by atoms with Crippen molar-refractivity contribution in [1.29, 1.82) is 0 Å². The van der Waals surface area contributed by atoms with Gasteiger partial charge >= 0.3 is 0 Å². The third-order valence-corrected chi connectivity index (χ3v) is 3.66. The van der Waals surface area contributed by atoms with Crippen LogP contribution in [0, 0.1) is 0 Å². The van der Waals surface area contributed by atoms with Crippen LogP contribution in [0.5, 0.6) is 0 Å². The van der Waals surface area contributed by atoms with Gasteiger partial charge in [-0.25, -0.2) is 0 Å². The summed E-state index contributed by atoms with van der Waals surface area (Å²) in [5, 5.41) is 9.61. The predicted molar refractivity (Wildman–Crippen MR) is 79.1 cm³/mol. The van der Waals surface area contributed by atoms with Crippen molar-refractivity contribution < 1.29 is 0 Å². The van der Waals surface area contributed by atoms with Crippen LogP contribution >= 0.6 is 0 Å². The highest BCUT2D eigenvalue weighted by molar-refractivity contribution is 5.84. The van der Waals surface area contributed by atoms with Gasteiger partial charge in [0.1, 0.15) is 0 Å². The molecule has 0 spiro atoms. The third kappa shape index (κ3) is 3.31. The van der Waals surface area contributed by atoms with Crippen molar-refractivity contribution in [2.45, 2.75) is 38.4 Å². The molecule has 1 aliphatic carbocycles. The molecule has 2 N–H and O–H groups in total. The lowest BCUT2D eigenvalue weighted by Crippen LogP contribution is -2.36. The standard InChI is InChI=1S/C16H21N3/c1-12(10-19-14-6-7-14)18-11-16-15-5-3-2-4-13(15)8-9-17-16/h2-5,8-9,12,14,18-19H,6-7,10-11H2,1H3. The van der Waals surface area contributed by atoms with Gasteiger partial charge in [0, 0.05) is 36.8 Å². The Hall–Kier alpha value is -1.45. The first-order chi connectivity index (χ1) is 9.33. The molecule has 0 amide bonds. The zero-order valence-corrected chi connectivity index (χ0v) is 11.4. The van der Waals surface area contributed by atoms with Gasteiger partial charge in [-0.05, 0) is 31.2 Å². The number of nitrogens with one attached hydrogen (secondary N) is 2. The van der Waals surface area contributed by atoms with E-state index in [1.807, 2.05) is 6.20 Å². The Morgan fingerprint density at radius 2 is 2.11 bits per heavy atom. The average molecular weight is 255 g/mol. The van der Waals surface area contributed by atoms with E-state index < -0.39 is 0 Å². The van der Waals surface area contributed by atoms with Crippen molar-refractivity contribution in [2.24, 2.45) is 0 Å². The Bertz CT molecular complexity index is 543. The number of rotatable bonds is 6. The molecule has 3 heteroatoms. The minimum absolute atomic E-state index is 0.473. The molecule has 3 nitrogen and oxygen atoms in total. The molecular weight excluding hydrogens is 234 g/mol. The second-order valence-electron chi connectivity index (χ2n) is 5.44. The van der Waals surface area contributed by atoms with Crippen LogP contribution < -0.4 is 10.6 Å². The Morgan fingerprint density at radius 1 is 1.26 bits per heavy atom. The van der Waals surface area contributed by atoms with Crippen LogP contribution in [-0.4, -0.2) is 23.6 Å². The van der Waals surface area contributed by atoms with Crippen LogP contribution in [0.25, 0.3) is 10.8 Å². The molecule has 1 aliphatic rings. The van der Waals surface area contributed by atoms with E-state index >= 15 is 0 Å². The zero-order valence-electron chi connectivity index (χ0n) is 11.4. The topological polar surface area (TPSA) is 37.0 Å². The predicted octanol–water partition coefficient (Wildman–Crippen LogP) is 2.46. The summed E-state index contributed by atoms with van der Waals surface area (Å²) in [7, 11) is 0. The van der Waals surface area contributed by atoms with Crippen LogP contribution in [0.3, 0.4) is 0 Å². The first-order valence-corrected chi connectivity index (χ1v) is 7.12. The number of hydrogen-bond acceptors (Lipinski definition) is 3. The molecule has 100 valence electrons. The van der Waals surface area contributed by atoms with Crippen LogP contribution in [0.4, 0.5) is 0 Å². The maximum atomic E-state index is 4.50. The summed E-state index contributed by atoms with van der Waals surface area (Å²) < 4.78 is 0. The highest BCUT2D eigenvalue weighted by Crippen LogP contribution is 2.18. The molecule has 1 atom stereocenters. The maximum absolute atomic E-state index is 4.50. The number of fused-ring (bicyclic) bond motifs is 1. The maximum Gasteiger partial charge on any atom is 0.0619 e. The van der Waals surface area contributed by atoms with Crippen molar-refractivity contribution >= 4 is 10.8 Å². The molecule has 0 saturated heterocycles. The van der Waals surface area contributed by atoms with E-state index in [1.54, 1.807) is 0 Å². The normalized spacial score (nSPS) is 16.7. The molecule has 3 rings (SSSR count). The molecule has 1 unspecified atom stereocenters. The number of aromatic nitrogens is 1. The number of nitrogens with zero attached hydrogens (tertiary/aromatic N) is 1. The summed E-state index contributed by atoms with van der Waals surface area (Å²) in [6.45, 7) is 4.09. The van der Waals surface area contributed by atoms with Crippen LogP contribution in [0.1, 0.15) is 25.5 Å². The molecule has 0 radical (unpaired) electrons. The molecule has 0 bridgehead atoms. The average Bonchev–Trinajstić information content (AvgIpc) is 3.27. The Labute approximate surface area is 114 Å². The summed E-state index contributed by atoms with van der Waals surface area (Å²) in [4.78, 5) is 4.50. The van der Waals surface area contributed by atoms with Crippen LogP contribution in [-0.2, 0) is 6.54 Å². The zero-order chi connectivity index (χ0) is 13.1. The Balaban J connectivity index is 1.61. The van der Waals surface area contributed by atoms with E-state index in [9.17, 15) is 0 Å². The minimum atomic E-state index is 0.473. The van der Waals surface area contributed by atoms with Gasteiger partial charge in [-0.2, -0.15) is 0 Å². The summed E-state index contributed by atoms with van der Waals surface area (Å²) in [6.07, 6.45) is 4.58. The van der Waals surface area contributed by atoms with E-state index in [0.29, 0.717) is 6.04 Å². The van der Waals surface area contributed by atoms with Gasteiger partial charge in [0.05, 0.1) is 5.69 Å². The number of hydrogen-bond donors (Lipinski definition) is 2. The van der Waals surface area contributed by atoms with Crippen molar-refractivity contribution in [3.8, 4) is 0 Å². The second kappa shape index (κ2) is 5.68. The van der Waals surface area contributed by atoms with E-state index in [4.69, 9.17) is 0 Å². The monoisotopic (exact) mass is 255 g/mol. The van der Waals surface area contributed by atoms with Crippen molar-refractivity contribution in [3.63, 3.8) is 0 Å². The summed E-state index contributed by atoms with van der Waals surface area (Å²) >= 11 is 0. The first kappa shape index (κ1) is 12.6. The summed E-state index contributed by atoms with van der Waals surface area (Å²) in [6, 6.07) is 11.7. The highest BCUT2D eigenvalue weighted by Gasteiger charge is 2.20. The largest absolute Gasteiger partial charge is 0.312 e. The van der Waals surface area contributed by atoms with Gasteiger partial charge in [-0.15, -0.1) is 0 Å². The van der Waals surface area contributed by atoms with Gasteiger partial charge in [0.2, 0.25) is 0 Å². The fraction of sp³-hybridized carbons (Fsp3) is 0.438. The van der Waals surface area contributed by atoms with Gasteiger partial charge < -0.3 is 10.6 Å². The Morgan fingerprint density at radius 3 is 2.95 bits per heavy atom. The lowest BCUT2D eigenvalue weighted by molar-refractivity contribution is 0.498. The van der Waals surface area contributed by atoms with Gasteiger partial charge in [0.25, 0.3) is 0 Å². The molecule has 1 aromatic heterocycles. The minimum Gasteiger partial charge on any atom is -0.312 e.